The second-order valence-electron chi connectivity index (χ2n) is 4.72. The van der Waals surface area contributed by atoms with Gasteiger partial charge in [0.15, 0.2) is 0 Å². The molecule has 3 aromatic rings. The Bertz CT molecular complexity index is 659. The Balaban J connectivity index is 1.63. The molecule has 1 atom stereocenters. The number of aromatic nitrogens is 2. The van der Waals surface area contributed by atoms with Crippen molar-refractivity contribution in [1.82, 2.24) is 15.1 Å². The van der Waals surface area contributed by atoms with Crippen LogP contribution < -0.4 is 10.6 Å². The van der Waals surface area contributed by atoms with E-state index >= 15 is 0 Å². The Labute approximate surface area is 127 Å². The van der Waals surface area contributed by atoms with Gasteiger partial charge in [0.1, 0.15) is 11.8 Å². The first-order chi connectivity index (χ1) is 10.8. The first-order valence-electron chi connectivity index (χ1n) is 6.95. The minimum atomic E-state index is -0.269. The fourth-order valence-corrected chi connectivity index (χ4v) is 2.16. The number of para-hydroxylation sites is 1. The van der Waals surface area contributed by atoms with Crippen LogP contribution in [0.2, 0.25) is 0 Å². The Morgan fingerprint density at radius 1 is 1.18 bits per heavy atom. The highest BCUT2D eigenvalue weighted by Gasteiger charge is 2.17. The lowest BCUT2D eigenvalue weighted by Gasteiger charge is -2.16. The molecule has 6 nitrogen and oxygen atoms in total. The van der Waals surface area contributed by atoms with Gasteiger partial charge in [0, 0.05) is 24.6 Å². The van der Waals surface area contributed by atoms with Crippen LogP contribution in [0.15, 0.2) is 71.6 Å². The summed E-state index contributed by atoms with van der Waals surface area (Å²) in [6.45, 7) is 0.369. The van der Waals surface area contributed by atoms with E-state index in [-0.39, 0.29) is 12.1 Å². The van der Waals surface area contributed by atoms with E-state index in [2.05, 4.69) is 15.7 Å². The van der Waals surface area contributed by atoms with Crippen LogP contribution >= 0.6 is 0 Å². The molecule has 0 bridgehead atoms. The summed E-state index contributed by atoms with van der Waals surface area (Å²) in [5, 5.41) is 9.83. The van der Waals surface area contributed by atoms with Crippen molar-refractivity contribution >= 4 is 11.7 Å². The topological polar surface area (TPSA) is 72.1 Å². The highest BCUT2D eigenvalue weighted by atomic mass is 16.3. The normalized spacial score (nSPS) is 11.8. The third kappa shape index (κ3) is 3.35. The summed E-state index contributed by atoms with van der Waals surface area (Å²) in [5.41, 5.74) is 0.744. The second kappa shape index (κ2) is 6.62. The minimum Gasteiger partial charge on any atom is -0.467 e. The summed E-state index contributed by atoms with van der Waals surface area (Å²) in [7, 11) is 0. The van der Waals surface area contributed by atoms with Gasteiger partial charge in [-0.25, -0.2) is 4.79 Å². The van der Waals surface area contributed by atoms with Crippen molar-refractivity contribution in [3.05, 3.63) is 72.9 Å². The molecule has 1 aromatic carbocycles. The SMILES string of the molecule is O=C(NC[C@@H](c1ccco1)n1cccn1)Nc1ccccc1. The fourth-order valence-electron chi connectivity index (χ4n) is 2.16. The van der Waals surface area contributed by atoms with E-state index in [0.29, 0.717) is 6.54 Å². The number of carbonyl (C=O) groups is 1. The number of rotatable bonds is 5. The number of urea groups is 1. The van der Waals surface area contributed by atoms with Crippen molar-refractivity contribution in [2.45, 2.75) is 6.04 Å². The second-order valence-corrected chi connectivity index (χ2v) is 4.72. The highest BCUT2D eigenvalue weighted by molar-refractivity contribution is 5.89. The number of nitrogens with one attached hydrogen (secondary N) is 2. The van der Waals surface area contributed by atoms with Crippen LogP contribution in [0.3, 0.4) is 0 Å². The molecule has 0 saturated heterocycles. The first kappa shape index (κ1) is 13.9. The molecule has 0 saturated carbocycles. The largest absolute Gasteiger partial charge is 0.467 e. The maximum Gasteiger partial charge on any atom is 0.319 e. The van der Waals surface area contributed by atoms with Gasteiger partial charge < -0.3 is 15.1 Å². The number of amides is 2. The zero-order valence-electron chi connectivity index (χ0n) is 11.8. The van der Waals surface area contributed by atoms with Gasteiger partial charge >= 0.3 is 6.03 Å². The van der Waals surface area contributed by atoms with E-state index in [9.17, 15) is 4.79 Å². The lowest BCUT2D eigenvalue weighted by atomic mass is 10.2. The van der Waals surface area contributed by atoms with E-state index in [1.54, 1.807) is 17.1 Å². The standard InChI is InChI=1S/C16H16N4O2/c21-16(19-13-6-2-1-3-7-13)17-12-14(15-8-4-11-22-15)20-10-5-9-18-20/h1-11,14H,12H2,(H2,17,19,21)/t14-/m0/s1. The van der Waals surface area contributed by atoms with Crippen LogP contribution in [0.1, 0.15) is 11.8 Å². The molecule has 0 radical (unpaired) electrons. The molecular weight excluding hydrogens is 280 g/mol. The molecular formula is C16H16N4O2. The summed E-state index contributed by atoms with van der Waals surface area (Å²) in [4.78, 5) is 12.0. The van der Waals surface area contributed by atoms with Crippen LogP contribution in [-0.2, 0) is 0 Å². The van der Waals surface area contributed by atoms with E-state index in [0.717, 1.165) is 11.4 Å². The summed E-state index contributed by atoms with van der Waals surface area (Å²) >= 11 is 0. The van der Waals surface area contributed by atoms with Gasteiger partial charge in [0.05, 0.1) is 6.26 Å². The molecule has 2 amide bonds. The van der Waals surface area contributed by atoms with Gasteiger partial charge in [0.2, 0.25) is 0 Å². The predicted octanol–water partition coefficient (Wildman–Crippen LogP) is 2.89. The quantitative estimate of drug-likeness (QED) is 0.760. The fraction of sp³-hybridized carbons (Fsp3) is 0.125. The monoisotopic (exact) mass is 296 g/mol. The van der Waals surface area contributed by atoms with Crippen LogP contribution in [-0.4, -0.2) is 22.4 Å². The van der Waals surface area contributed by atoms with Crippen LogP contribution in [0.5, 0.6) is 0 Å². The summed E-state index contributed by atoms with van der Waals surface area (Å²) in [5.74, 6) is 0.740. The number of furan rings is 1. The minimum absolute atomic E-state index is 0.188. The van der Waals surface area contributed by atoms with Crippen LogP contribution in [0, 0.1) is 0 Å². The van der Waals surface area contributed by atoms with Gasteiger partial charge in [0.25, 0.3) is 0 Å². The molecule has 0 aliphatic heterocycles. The molecule has 0 spiro atoms. The lowest BCUT2D eigenvalue weighted by Crippen LogP contribution is -2.34. The number of hydrogen-bond acceptors (Lipinski definition) is 3. The van der Waals surface area contributed by atoms with Crippen molar-refractivity contribution in [1.29, 1.82) is 0 Å². The smallest absolute Gasteiger partial charge is 0.319 e. The zero-order valence-corrected chi connectivity index (χ0v) is 11.8. The predicted molar refractivity (Wildman–Crippen MR) is 82.5 cm³/mol. The Morgan fingerprint density at radius 3 is 2.73 bits per heavy atom. The molecule has 2 N–H and O–H groups in total. The molecule has 3 rings (SSSR count). The van der Waals surface area contributed by atoms with Crippen LogP contribution in [0.25, 0.3) is 0 Å². The molecule has 2 heterocycles. The van der Waals surface area contributed by atoms with Gasteiger partial charge in [-0.15, -0.1) is 0 Å². The van der Waals surface area contributed by atoms with Gasteiger partial charge in [-0.3, -0.25) is 4.68 Å². The summed E-state index contributed by atoms with van der Waals surface area (Å²) in [6.07, 6.45) is 5.14. The third-order valence-electron chi connectivity index (χ3n) is 3.20. The first-order valence-corrected chi connectivity index (χ1v) is 6.95. The molecule has 22 heavy (non-hydrogen) atoms. The van der Waals surface area contributed by atoms with E-state index in [1.165, 1.54) is 0 Å². The molecule has 0 aliphatic carbocycles. The number of anilines is 1. The average Bonchev–Trinajstić information content (AvgIpc) is 3.22. The van der Waals surface area contributed by atoms with Crippen molar-refractivity contribution in [3.63, 3.8) is 0 Å². The van der Waals surface area contributed by atoms with Gasteiger partial charge in [-0.05, 0) is 30.3 Å². The molecule has 0 aliphatic rings. The van der Waals surface area contributed by atoms with E-state index in [1.807, 2.05) is 54.7 Å². The van der Waals surface area contributed by atoms with E-state index < -0.39 is 0 Å². The molecule has 2 aromatic heterocycles. The Kier molecular flexibility index (Phi) is 4.20. The van der Waals surface area contributed by atoms with Crippen molar-refractivity contribution < 1.29 is 9.21 Å². The number of hydrogen-bond donors (Lipinski definition) is 2. The Hall–Kier alpha value is -3.02. The maximum absolute atomic E-state index is 12.0. The van der Waals surface area contributed by atoms with Crippen LogP contribution in [0.4, 0.5) is 10.5 Å². The van der Waals surface area contributed by atoms with Gasteiger partial charge in [-0.2, -0.15) is 5.10 Å². The molecule has 6 heteroatoms. The third-order valence-corrected chi connectivity index (χ3v) is 3.20. The lowest BCUT2D eigenvalue weighted by molar-refractivity contribution is 0.250. The van der Waals surface area contributed by atoms with E-state index in [4.69, 9.17) is 4.42 Å². The van der Waals surface area contributed by atoms with Crippen molar-refractivity contribution in [2.24, 2.45) is 0 Å². The molecule has 0 unspecified atom stereocenters. The van der Waals surface area contributed by atoms with Crippen molar-refractivity contribution in [3.8, 4) is 0 Å². The summed E-state index contributed by atoms with van der Waals surface area (Å²) < 4.78 is 7.19. The maximum atomic E-state index is 12.0. The zero-order chi connectivity index (χ0) is 15.2. The highest BCUT2D eigenvalue weighted by Crippen LogP contribution is 2.17. The average molecular weight is 296 g/mol. The van der Waals surface area contributed by atoms with Crippen molar-refractivity contribution in [2.75, 3.05) is 11.9 Å². The molecule has 112 valence electrons. The molecule has 0 fully saturated rings. The Morgan fingerprint density at radius 2 is 2.05 bits per heavy atom. The number of benzene rings is 1. The number of carbonyl (C=O) groups excluding carboxylic acids is 1. The number of nitrogens with zero attached hydrogens (tertiary/aromatic N) is 2. The van der Waals surface area contributed by atoms with Gasteiger partial charge in [-0.1, -0.05) is 18.2 Å². The summed E-state index contributed by atoms with van der Waals surface area (Å²) in [6, 6.07) is 14.3.